The first-order chi connectivity index (χ1) is 8.38. The maximum absolute atomic E-state index is 12.1. The minimum Gasteiger partial charge on any atom is -0.479 e. The van der Waals surface area contributed by atoms with Gasteiger partial charge in [-0.3, -0.25) is 0 Å². The van der Waals surface area contributed by atoms with Crippen molar-refractivity contribution in [3.63, 3.8) is 0 Å². The summed E-state index contributed by atoms with van der Waals surface area (Å²) in [5.41, 5.74) is 0.159. The second kappa shape index (κ2) is 4.25. The second-order valence-corrected chi connectivity index (χ2v) is 3.47. The Morgan fingerprint density at radius 2 is 2.00 bits per heavy atom. The van der Waals surface area contributed by atoms with Gasteiger partial charge in [0.15, 0.2) is 12.4 Å². The van der Waals surface area contributed by atoms with Gasteiger partial charge in [0.2, 0.25) is 0 Å². The smallest absolute Gasteiger partial charge is 0.422 e. The van der Waals surface area contributed by atoms with Crippen molar-refractivity contribution in [2.45, 2.75) is 6.18 Å². The maximum Gasteiger partial charge on any atom is 0.422 e. The van der Waals surface area contributed by atoms with Gasteiger partial charge in [0.25, 0.3) is 5.76 Å². The largest absolute Gasteiger partial charge is 0.479 e. The van der Waals surface area contributed by atoms with E-state index in [9.17, 15) is 18.0 Å². The molecule has 0 saturated heterocycles. The van der Waals surface area contributed by atoms with Crippen molar-refractivity contribution in [2.24, 2.45) is 0 Å². The number of carboxylic acids is 1. The average molecular weight is 260 g/mol. The van der Waals surface area contributed by atoms with Crippen LogP contribution in [-0.4, -0.2) is 23.9 Å². The molecule has 0 spiro atoms. The van der Waals surface area contributed by atoms with E-state index in [-0.39, 0.29) is 11.0 Å². The molecule has 0 atom stereocenters. The van der Waals surface area contributed by atoms with Gasteiger partial charge < -0.3 is 14.3 Å². The van der Waals surface area contributed by atoms with Gasteiger partial charge in [-0.1, -0.05) is 12.1 Å². The molecule has 1 heterocycles. The minimum absolute atomic E-state index is 0.159. The van der Waals surface area contributed by atoms with Crippen molar-refractivity contribution in [1.82, 2.24) is 0 Å². The topological polar surface area (TPSA) is 59.7 Å². The Kier molecular flexibility index (Phi) is 2.90. The second-order valence-electron chi connectivity index (χ2n) is 3.47. The van der Waals surface area contributed by atoms with E-state index in [2.05, 4.69) is 4.74 Å². The molecule has 0 amide bonds. The number of carbonyl (C=O) groups is 1. The zero-order valence-corrected chi connectivity index (χ0v) is 8.82. The van der Waals surface area contributed by atoms with Crippen LogP contribution < -0.4 is 4.74 Å². The van der Waals surface area contributed by atoms with Gasteiger partial charge in [-0.05, 0) is 12.1 Å². The fourth-order valence-corrected chi connectivity index (χ4v) is 1.46. The molecule has 96 valence electrons. The highest BCUT2D eigenvalue weighted by Crippen LogP contribution is 2.34. The molecule has 0 bridgehead atoms. The lowest BCUT2D eigenvalue weighted by molar-refractivity contribution is -0.153. The summed E-state index contributed by atoms with van der Waals surface area (Å²) in [7, 11) is 0. The molecule has 0 aliphatic heterocycles. The third-order valence-corrected chi connectivity index (χ3v) is 2.12. The van der Waals surface area contributed by atoms with Crippen LogP contribution in [0.5, 0.6) is 5.75 Å². The molecule has 0 aliphatic carbocycles. The fraction of sp³-hybridized carbons (Fsp3) is 0.182. The number of halogens is 3. The van der Waals surface area contributed by atoms with Crippen LogP contribution >= 0.6 is 0 Å². The number of carboxylic acid groups (broad SMARTS) is 1. The molecule has 0 radical (unpaired) electrons. The van der Waals surface area contributed by atoms with Gasteiger partial charge in [0, 0.05) is 0 Å². The number of furan rings is 1. The summed E-state index contributed by atoms with van der Waals surface area (Å²) in [6.07, 6.45) is -4.55. The van der Waals surface area contributed by atoms with E-state index in [0.29, 0.717) is 0 Å². The van der Waals surface area contributed by atoms with Crippen molar-refractivity contribution in [3.05, 3.63) is 30.0 Å². The predicted molar refractivity (Wildman–Crippen MR) is 54.7 cm³/mol. The van der Waals surface area contributed by atoms with E-state index in [1.54, 1.807) is 12.1 Å². The summed E-state index contributed by atoms with van der Waals surface area (Å²) in [5.74, 6) is -2.53. The van der Waals surface area contributed by atoms with Crippen LogP contribution in [0.15, 0.2) is 28.7 Å². The molecule has 0 saturated carbocycles. The van der Waals surface area contributed by atoms with Gasteiger partial charge in [-0.2, -0.15) is 13.2 Å². The molecule has 0 aliphatic rings. The Bertz CT molecular complexity index is 585. The minimum atomic E-state index is -4.55. The van der Waals surface area contributed by atoms with E-state index in [1.165, 1.54) is 12.1 Å². The predicted octanol–water partition coefficient (Wildman–Crippen LogP) is 3.07. The number of rotatable bonds is 3. The summed E-state index contributed by atoms with van der Waals surface area (Å²) < 4.78 is 45.7. The first kappa shape index (κ1) is 12.3. The molecule has 2 rings (SSSR count). The number of fused-ring (bicyclic) bond motifs is 1. The Balaban J connectivity index is 2.45. The summed E-state index contributed by atoms with van der Waals surface area (Å²) in [6.45, 7) is -1.57. The lowest BCUT2D eigenvalue weighted by atomic mass is 10.2. The zero-order valence-electron chi connectivity index (χ0n) is 8.82. The van der Waals surface area contributed by atoms with Crippen LogP contribution in [0.3, 0.4) is 0 Å². The normalized spacial score (nSPS) is 11.7. The average Bonchev–Trinajstić information content (AvgIpc) is 2.64. The molecule has 0 fully saturated rings. The number of ether oxygens (including phenoxy) is 1. The first-order valence-corrected chi connectivity index (χ1v) is 4.83. The molecule has 4 nitrogen and oxygen atoms in total. The number of para-hydroxylation sites is 1. The molecule has 1 aromatic carbocycles. The molecule has 0 unspecified atom stereocenters. The van der Waals surface area contributed by atoms with Crippen LogP contribution in [0.1, 0.15) is 10.6 Å². The third kappa shape index (κ3) is 2.39. The quantitative estimate of drug-likeness (QED) is 0.921. The Hall–Kier alpha value is -2.18. The first-order valence-electron chi connectivity index (χ1n) is 4.83. The zero-order chi connectivity index (χ0) is 13.3. The fourth-order valence-electron chi connectivity index (χ4n) is 1.46. The maximum atomic E-state index is 12.1. The third-order valence-electron chi connectivity index (χ3n) is 2.12. The van der Waals surface area contributed by atoms with E-state index in [4.69, 9.17) is 9.52 Å². The lowest BCUT2D eigenvalue weighted by Crippen LogP contribution is -2.19. The van der Waals surface area contributed by atoms with Crippen molar-refractivity contribution >= 4 is 16.9 Å². The van der Waals surface area contributed by atoms with Gasteiger partial charge in [0.05, 0.1) is 5.39 Å². The summed E-state index contributed by atoms with van der Waals surface area (Å²) in [5, 5.41) is 9.03. The molecule has 2 aromatic rings. The van der Waals surface area contributed by atoms with Crippen LogP contribution in [0, 0.1) is 0 Å². The van der Waals surface area contributed by atoms with Crippen molar-refractivity contribution in [3.8, 4) is 5.75 Å². The number of alkyl halides is 3. The standard InChI is InChI=1S/C11H7F3O4/c12-11(13,14)5-17-8-6-3-1-2-4-7(6)18-9(8)10(15)16/h1-4H,5H2,(H,15,16). The number of benzene rings is 1. The van der Waals surface area contributed by atoms with Crippen molar-refractivity contribution in [2.75, 3.05) is 6.61 Å². The Morgan fingerprint density at radius 1 is 1.33 bits per heavy atom. The molecule has 1 aromatic heterocycles. The number of aromatic carboxylic acids is 1. The van der Waals surface area contributed by atoms with Crippen molar-refractivity contribution < 1.29 is 32.2 Å². The highest BCUT2D eigenvalue weighted by molar-refractivity contribution is 5.97. The highest BCUT2D eigenvalue weighted by atomic mass is 19.4. The van der Waals surface area contributed by atoms with Crippen molar-refractivity contribution in [1.29, 1.82) is 0 Å². The van der Waals surface area contributed by atoms with Crippen LogP contribution in [-0.2, 0) is 0 Å². The highest BCUT2D eigenvalue weighted by Gasteiger charge is 2.31. The monoisotopic (exact) mass is 260 g/mol. The lowest BCUT2D eigenvalue weighted by Gasteiger charge is -2.08. The van der Waals surface area contributed by atoms with Crippen LogP contribution in [0.2, 0.25) is 0 Å². The van der Waals surface area contributed by atoms with Gasteiger partial charge in [-0.15, -0.1) is 0 Å². The van der Waals surface area contributed by atoms with E-state index < -0.39 is 30.3 Å². The molecule has 18 heavy (non-hydrogen) atoms. The number of hydrogen-bond acceptors (Lipinski definition) is 3. The summed E-state index contributed by atoms with van der Waals surface area (Å²) >= 11 is 0. The van der Waals surface area contributed by atoms with Gasteiger partial charge in [-0.25, -0.2) is 4.79 Å². The van der Waals surface area contributed by atoms with Crippen LogP contribution in [0.25, 0.3) is 11.0 Å². The summed E-state index contributed by atoms with van der Waals surface area (Å²) in [4.78, 5) is 10.9. The van der Waals surface area contributed by atoms with E-state index in [1.807, 2.05) is 0 Å². The molecule has 1 N–H and O–H groups in total. The van der Waals surface area contributed by atoms with E-state index >= 15 is 0 Å². The molecular formula is C11H7F3O4. The van der Waals surface area contributed by atoms with Crippen LogP contribution in [0.4, 0.5) is 13.2 Å². The Labute approximate surface area is 98.6 Å². The SMILES string of the molecule is O=C(O)c1oc2ccccc2c1OCC(F)(F)F. The molecular weight excluding hydrogens is 253 g/mol. The van der Waals surface area contributed by atoms with Gasteiger partial charge in [0.1, 0.15) is 5.58 Å². The van der Waals surface area contributed by atoms with E-state index in [0.717, 1.165) is 0 Å². The Morgan fingerprint density at radius 3 is 2.61 bits per heavy atom. The number of hydrogen-bond donors (Lipinski definition) is 1. The summed E-state index contributed by atoms with van der Waals surface area (Å²) in [6, 6.07) is 5.99. The van der Waals surface area contributed by atoms with Gasteiger partial charge >= 0.3 is 12.1 Å². The molecule has 7 heteroatoms.